The molecule has 1 aromatic rings. The van der Waals surface area contributed by atoms with Gasteiger partial charge in [0.15, 0.2) is 11.5 Å². The second-order valence-electron chi connectivity index (χ2n) is 3.85. The molecule has 0 saturated carbocycles. The van der Waals surface area contributed by atoms with Crippen LogP contribution in [0.25, 0.3) is 0 Å². The zero-order valence-corrected chi connectivity index (χ0v) is 9.21. The van der Waals surface area contributed by atoms with Gasteiger partial charge in [0.05, 0.1) is 17.5 Å². The van der Waals surface area contributed by atoms with Crippen LogP contribution in [0, 0.1) is 0 Å². The van der Waals surface area contributed by atoms with E-state index in [0.29, 0.717) is 36.2 Å². The van der Waals surface area contributed by atoms with Crippen LogP contribution in [0.1, 0.15) is 18.0 Å². The minimum Gasteiger partial charge on any atom is -0.486 e. The second kappa shape index (κ2) is 3.56. The molecule has 1 amide bonds. The van der Waals surface area contributed by atoms with E-state index >= 15 is 0 Å². The van der Waals surface area contributed by atoms with Crippen molar-refractivity contribution in [1.29, 1.82) is 0 Å². The van der Waals surface area contributed by atoms with Crippen molar-refractivity contribution in [3.8, 4) is 11.5 Å². The molecule has 1 N–H and O–H groups in total. The molecule has 2 heterocycles. The summed E-state index contributed by atoms with van der Waals surface area (Å²) in [4.78, 5) is 10.9. The Bertz CT molecular complexity index is 453. The number of nitrogens with one attached hydrogen (secondary N) is 1. The Labute approximate surface area is 97.5 Å². The number of ether oxygens (including phenoxy) is 2. The van der Waals surface area contributed by atoms with E-state index in [2.05, 4.69) is 5.32 Å². The molecule has 1 fully saturated rings. The Morgan fingerprint density at radius 1 is 1.31 bits per heavy atom. The molecule has 4 nitrogen and oxygen atoms in total. The summed E-state index contributed by atoms with van der Waals surface area (Å²) in [7, 11) is 0. The van der Waals surface area contributed by atoms with Gasteiger partial charge in [0.25, 0.3) is 0 Å². The van der Waals surface area contributed by atoms with Crippen molar-refractivity contribution in [1.82, 2.24) is 5.32 Å². The number of hydrogen-bond acceptors (Lipinski definition) is 3. The van der Waals surface area contributed by atoms with Crippen LogP contribution in [0.15, 0.2) is 12.1 Å². The summed E-state index contributed by atoms with van der Waals surface area (Å²) in [5.74, 6) is 1.33. The molecular formula is C11H10ClNO3. The molecule has 0 aliphatic carbocycles. The first-order valence-electron chi connectivity index (χ1n) is 5.12. The topological polar surface area (TPSA) is 47.6 Å². The lowest BCUT2D eigenvalue weighted by atomic mass is 9.97. The number of amides is 1. The molecule has 3 rings (SSSR count). The van der Waals surface area contributed by atoms with Gasteiger partial charge in [0.2, 0.25) is 5.91 Å². The molecule has 2 aliphatic heterocycles. The first-order valence-corrected chi connectivity index (χ1v) is 5.50. The molecule has 0 spiro atoms. The van der Waals surface area contributed by atoms with Crippen molar-refractivity contribution in [2.75, 3.05) is 13.2 Å². The smallest absolute Gasteiger partial charge is 0.222 e. The Hall–Kier alpha value is -1.42. The van der Waals surface area contributed by atoms with Gasteiger partial charge in [-0.25, -0.2) is 0 Å². The molecule has 5 heteroatoms. The van der Waals surface area contributed by atoms with Crippen LogP contribution in [0.5, 0.6) is 11.5 Å². The minimum atomic E-state index is 0.0563. The summed E-state index contributed by atoms with van der Waals surface area (Å²) < 4.78 is 10.9. The highest BCUT2D eigenvalue weighted by Crippen LogP contribution is 2.40. The van der Waals surface area contributed by atoms with Gasteiger partial charge in [0.1, 0.15) is 13.2 Å². The lowest BCUT2D eigenvalue weighted by molar-refractivity contribution is -0.128. The van der Waals surface area contributed by atoms with Crippen LogP contribution in [0.3, 0.4) is 0 Å². The Kier molecular flexibility index (Phi) is 2.17. The van der Waals surface area contributed by atoms with Gasteiger partial charge in [-0.15, -0.1) is 0 Å². The predicted molar refractivity (Wildman–Crippen MR) is 57.9 cm³/mol. The van der Waals surface area contributed by atoms with Crippen LogP contribution >= 0.6 is 11.6 Å². The number of rotatable bonds is 1. The Balaban J connectivity index is 1.95. The number of β-lactam (4-membered cyclic amide) rings is 1. The van der Waals surface area contributed by atoms with Crippen molar-refractivity contribution in [3.05, 3.63) is 22.7 Å². The zero-order chi connectivity index (χ0) is 11.1. The highest BCUT2D eigenvalue weighted by Gasteiger charge is 2.29. The summed E-state index contributed by atoms with van der Waals surface area (Å²) in [5.41, 5.74) is 0.967. The number of benzene rings is 1. The Morgan fingerprint density at radius 3 is 2.81 bits per heavy atom. The fourth-order valence-corrected chi connectivity index (χ4v) is 2.17. The van der Waals surface area contributed by atoms with Crippen molar-refractivity contribution in [2.45, 2.75) is 12.5 Å². The molecular weight excluding hydrogens is 230 g/mol. The predicted octanol–water partition coefficient (Wildman–Crippen LogP) is 1.67. The molecule has 0 bridgehead atoms. The molecule has 2 aliphatic rings. The molecule has 1 saturated heterocycles. The maximum Gasteiger partial charge on any atom is 0.222 e. The van der Waals surface area contributed by atoms with E-state index in [1.54, 1.807) is 0 Å². The number of fused-ring (bicyclic) bond motifs is 1. The van der Waals surface area contributed by atoms with Gasteiger partial charge in [-0.2, -0.15) is 0 Å². The third-order valence-corrected chi connectivity index (χ3v) is 3.03. The molecule has 1 atom stereocenters. The van der Waals surface area contributed by atoms with Gasteiger partial charge in [-0.05, 0) is 17.7 Å². The molecule has 0 radical (unpaired) electrons. The van der Waals surface area contributed by atoms with Crippen molar-refractivity contribution < 1.29 is 14.3 Å². The molecule has 1 aromatic carbocycles. The standard InChI is InChI=1S/C11H10ClNO3/c12-7-3-6(8-5-10(14)13-8)4-9-11(7)16-2-1-15-9/h3-4,8H,1-2,5H2,(H,13,14). The lowest BCUT2D eigenvalue weighted by Gasteiger charge is -2.29. The molecule has 16 heavy (non-hydrogen) atoms. The SMILES string of the molecule is O=C1CC(c2cc(Cl)c3c(c2)OCCO3)N1. The zero-order valence-electron chi connectivity index (χ0n) is 8.46. The van der Waals surface area contributed by atoms with Crippen molar-refractivity contribution in [2.24, 2.45) is 0 Å². The number of carbonyl (C=O) groups excluding carboxylic acids is 1. The number of carbonyl (C=O) groups is 1. The van der Waals surface area contributed by atoms with E-state index in [0.717, 1.165) is 5.56 Å². The van der Waals surface area contributed by atoms with E-state index < -0.39 is 0 Å². The average Bonchev–Trinajstić information content (AvgIpc) is 2.25. The van der Waals surface area contributed by atoms with E-state index in [1.165, 1.54) is 0 Å². The van der Waals surface area contributed by atoms with Crippen LogP contribution in [-0.2, 0) is 4.79 Å². The summed E-state index contributed by atoms with van der Waals surface area (Å²) in [6.45, 7) is 1.05. The van der Waals surface area contributed by atoms with Gasteiger partial charge in [-0.3, -0.25) is 4.79 Å². The minimum absolute atomic E-state index is 0.0563. The van der Waals surface area contributed by atoms with Gasteiger partial charge in [-0.1, -0.05) is 11.6 Å². The first kappa shape index (κ1) is 9.78. The fourth-order valence-electron chi connectivity index (χ4n) is 1.89. The molecule has 1 unspecified atom stereocenters. The van der Waals surface area contributed by atoms with E-state index in [9.17, 15) is 4.79 Å². The summed E-state index contributed by atoms with van der Waals surface area (Å²) >= 11 is 6.09. The third-order valence-electron chi connectivity index (χ3n) is 2.75. The first-order chi connectivity index (χ1) is 7.74. The normalized spacial score (nSPS) is 22.3. The highest BCUT2D eigenvalue weighted by atomic mass is 35.5. The van der Waals surface area contributed by atoms with Gasteiger partial charge >= 0.3 is 0 Å². The number of halogens is 1. The summed E-state index contributed by atoms with van der Waals surface area (Å²) in [6, 6.07) is 3.75. The fraction of sp³-hybridized carbons (Fsp3) is 0.364. The number of hydrogen-bond donors (Lipinski definition) is 1. The molecule has 0 aromatic heterocycles. The maximum atomic E-state index is 10.9. The van der Waals surface area contributed by atoms with E-state index in [-0.39, 0.29) is 11.9 Å². The molecule has 84 valence electrons. The van der Waals surface area contributed by atoms with E-state index in [4.69, 9.17) is 21.1 Å². The van der Waals surface area contributed by atoms with Crippen LogP contribution < -0.4 is 14.8 Å². The monoisotopic (exact) mass is 239 g/mol. The quantitative estimate of drug-likeness (QED) is 0.759. The third kappa shape index (κ3) is 1.50. The van der Waals surface area contributed by atoms with E-state index in [1.807, 2.05) is 12.1 Å². The van der Waals surface area contributed by atoms with Crippen LogP contribution in [-0.4, -0.2) is 19.1 Å². The summed E-state index contributed by atoms with van der Waals surface area (Å²) in [6.07, 6.45) is 0.510. The van der Waals surface area contributed by atoms with Crippen molar-refractivity contribution in [3.63, 3.8) is 0 Å². The van der Waals surface area contributed by atoms with Crippen molar-refractivity contribution >= 4 is 17.5 Å². The maximum absolute atomic E-state index is 10.9. The largest absolute Gasteiger partial charge is 0.486 e. The average molecular weight is 240 g/mol. The highest BCUT2D eigenvalue weighted by molar-refractivity contribution is 6.32. The Morgan fingerprint density at radius 2 is 2.06 bits per heavy atom. The van der Waals surface area contributed by atoms with Crippen LogP contribution in [0.4, 0.5) is 0 Å². The van der Waals surface area contributed by atoms with Crippen LogP contribution in [0.2, 0.25) is 5.02 Å². The summed E-state index contributed by atoms with van der Waals surface area (Å²) in [5, 5.41) is 3.33. The van der Waals surface area contributed by atoms with Gasteiger partial charge in [0, 0.05) is 0 Å². The van der Waals surface area contributed by atoms with Gasteiger partial charge < -0.3 is 14.8 Å². The second-order valence-corrected chi connectivity index (χ2v) is 4.26. The lowest BCUT2D eigenvalue weighted by Crippen LogP contribution is -2.41.